The lowest BCUT2D eigenvalue weighted by Gasteiger charge is -2.19. The van der Waals surface area contributed by atoms with Crippen LogP contribution in [0.4, 0.5) is 4.79 Å². The summed E-state index contributed by atoms with van der Waals surface area (Å²) >= 11 is 0. The number of aliphatic carboxylic acids is 3. The lowest BCUT2D eigenvalue weighted by atomic mass is 9.90. The van der Waals surface area contributed by atoms with E-state index in [1.54, 1.807) is 0 Å². The molecule has 0 heterocycles. The van der Waals surface area contributed by atoms with Gasteiger partial charge in [0.2, 0.25) is 5.91 Å². The highest BCUT2D eigenvalue weighted by Crippen LogP contribution is 2.22. The molecule has 1 aliphatic rings. The molecule has 1 saturated carbocycles. The number of amides is 3. The summed E-state index contributed by atoms with van der Waals surface area (Å²) in [5.74, 6) is -3.80. The number of rotatable bonds is 13. The van der Waals surface area contributed by atoms with Crippen LogP contribution in [-0.4, -0.2) is 63.8 Å². The van der Waals surface area contributed by atoms with Crippen LogP contribution in [-0.2, 0) is 19.2 Å². The minimum absolute atomic E-state index is 0.0377. The lowest BCUT2D eigenvalue weighted by Crippen LogP contribution is -2.51. The van der Waals surface area contributed by atoms with Gasteiger partial charge in [-0.25, -0.2) is 14.4 Å². The number of carbonyl (C=O) groups is 5. The Hall–Kier alpha value is -2.85. The van der Waals surface area contributed by atoms with E-state index in [4.69, 9.17) is 10.2 Å². The van der Waals surface area contributed by atoms with E-state index in [1.807, 2.05) is 0 Å². The molecule has 11 heteroatoms. The van der Waals surface area contributed by atoms with Gasteiger partial charge in [-0.05, 0) is 38.5 Å². The number of carbonyl (C=O) groups excluding carboxylic acids is 2. The second-order valence-corrected chi connectivity index (χ2v) is 8.16. The molecule has 0 spiro atoms. The topological polar surface area (TPSA) is 182 Å². The molecule has 2 atom stereocenters. The molecule has 0 unspecified atom stereocenters. The fourth-order valence-electron chi connectivity index (χ4n) is 3.69. The summed E-state index contributed by atoms with van der Waals surface area (Å²) in [6.07, 6.45) is 7.77. The molecule has 3 amide bonds. The van der Waals surface area contributed by atoms with Crippen LogP contribution < -0.4 is 16.0 Å². The number of unbranched alkanes of at least 4 members (excludes halogenated alkanes) is 1. The van der Waals surface area contributed by atoms with Crippen LogP contribution in [0.3, 0.4) is 0 Å². The zero-order chi connectivity index (χ0) is 23.9. The van der Waals surface area contributed by atoms with Crippen molar-refractivity contribution in [3.63, 3.8) is 0 Å². The summed E-state index contributed by atoms with van der Waals surface area (Å²) in [5.41, 5.74) is 0. The molecule has 0 aromatic rings. The van der Waals surface area contributed by atoms with Crippen molar-refractivity contribution in [2.24, 2.45) is 5.92 Å². The van der Waals surface area contributed by atoms with Gasteiger partial charge in [-0.3, -0.25) is 9.59 Å². The lowest BCUT2D eigenvalue weighted by molar-refractivity contribution is -0.140. The summed E-state index contributed by atoms with van der Waals surface area (Å²) in [4.78, 5) is 57.4. The van der Waals surface area contributed by atoms with Crippen LogP contribution >= 0.6 is 0 Å². The molecule has 6 N–H and O–H groups in total. The van der Waals surface area contributed by atoms with E-state index in [-0.39, 0.29) is 24.7 Å². The van der Waals surface area contributed by atoms with E-state index >= 15 is 0 Å². The van der Waals surface area contributed by atoms with Crippen molar-refractivity contribution < 1.29 is 39.3 Å². The standard InChI is InChI=1S/C21H35N3O8/c25-17(26)12-11-16(20(30)31)24-21(32)23-15(19(28)29)10-6-7-13-22-18(27)14-8-4-2-1-3-5-9-14/h14-16H,1-13H2,(H,22,27)(H,25,26)(H,28,29)(H,30,31)(H2,23,24,32)/t15-,16-/m0/s1. The first kappa shape index (κ1) is 27.2. The first-order valence-corrected chi connectivity index (χ1v) is 11.2. The van der Waals surface area contributed by atoms with Crippen LogP contribution in [0.1, 0.15) is 77.0 Å². The Morgan fingerprint density at radius 2 is 1.28 bits per heavy atom. The molecule has 11 nitrogen and oxygen atoms in total. The zero-order valence-electron chi connectivity index (χ0n) is 18.3. The van der Waals surface area contributed by atoms with Crippen LogP contribution in [0.25, 0.3) is 0 Å². The first-order chi connectivity index (χ1) is 15.2. The molecule has 1 rings (SSSR count). The molecule has 0 radical (unpaired) electrons. The molecule has 32 heavy (non-hydrogen) atoms. The fraction of sp³-hybridized carbons (Fsp3) is 0.762. The summed E-state index contributed by atoms with van der Waals surface area (Å²) in [5, 5.41) is 34.2. The van der Waals surface area contributed by atoms with Gasteiger partial charge >= 0.3 is 23.9 Å². The van der Waals surface area contributed by atoms with Crippen molar-refractivity contribution in [3.8, 4) is 0 Å². The minimum Gasteiger partial charge on any atom is -0.481 e. The van der Waals surface area contributed by atoms with Gasteiger partial charge in [0.15, 0.2) is 0 Å². The van der Waals surface area contributed by atoms with Gasteiger partial charge in [0, 0.05) is 18.9 Å². The second-order valence-electron chi connectivity index (χ2n) is 8.16. The van der Waals surface area contributed by atoms with E-state index < -0.39 is 42.4 Å². The SMILES string of the molecule is O=C(O)CC[C@H](NC(=O)N[C@@H](CCCCNC(=O)C1CCCCCCC1)C(=O)O)C(=O)O. The summed E-state index contributed by atoms with van der Waals surface area (Å²) in [6.45, 7) is 0.421. The molecular weight excluding hydrogens is 422 g/mol. The normalized spacial score (nSPS) is 16.6. The number of nitrogens with one attached hydrogen (secondary N) is 3. The largest absolute Gasteiger partial charge is 0.481 e. The van der Waals surface area contributed by atoms with Crippen LogP contribution in [0.15, 0.2) is 0 Å². The smallest absolute Gasteiger partial charge is 0.326 e. The van der Waals surface area contributed by atoms with Crippen molar-refractivity contribution in [2.45, 2.75) is 89.1 Å². The number of carboxylic acids is 3. The number of hydrogen-bond donors (Lipinski definition) is 6. The van der Waals surface area contributed by atoms with Gasteiger partial charge in [-0.2, -0.15) is 0 Å². The first-order valence-electron chi connectivity index (χ1n) is 11.2. The maximum absolute atomic E-state index is 12.3. The van der Waals surface area contributed by atoms with E-state index in [9.17, 15) is 29.1 Å². The Kier molecular flexibility index (Phi) is 12.8. The molecule has 0 aromatic heterocycles. The molecule has 0 saturated heterocycles. The van der Waals surface area contributed by atoms with Gasteiger partial charge in [-0.15, -0.1) is 0 Å². The maximum Gasteiger partial charge on any atom is 0.326 e. The fourth-order valence-corrected chi connectivity index (χ4v) is 3.69. The van der Waals surface area contributed by atoms with Crippen LogP contribution in [0.5, 0.6) is 0 Å². The van der Waals surface area contributed by atoms with Crippen molar-refractivity contribution in [1.82, 2.24) is 16.0 Å². The van der Waals surface area contributed by atoms with Crippen molar-refractivity contribution in [1.29, 1.82) is 0 Å². The van der Waals surface area contributed by atoms with Gasteiger partial charge in [0.05, 0.1) is 0 Å². The molecule has 182 valence electrons. The van der Waals surface area contributed by atoms with Crippen molar-refractivity contribution >= 4 is 29.8 Å². The van der Waals surface area contributed by atoms with Gasteiger partial charge < -0.3 is 31.3 Å². The average molecular weight is 458 g/mol. The van der Waals surface area contributed by atoms with Gasteiger partial charge in [0.25, 0.3) is 0 Å². The minimum atomic E-state index is -1.44. The van der Waals surface area contributed by atoms with Gasteiger partial charge in [-0.1, -0.05) is 32.1 Å². The van der Waals surface area contributed by atoms with Crippen LogP contribution in [0, 0.1) is 5.92 Å². The van der Waals surface area contributed by atoms with Crippen molar-refractivity contribution in [3.05, 3.63) is 0 Å². The predicted molar refractivity (Wildman–Crippen MR) is 114 cm³/mol. The third-order valence-corrected chi connectivity index (χ3v) is 5.55. The number of carboxylic acid groups (broad SMARTS) is 3. The Morgan fingerprint density at radius 3 is 1.81 bits per heavy atom. The maximum atomic E-state index is 12.3. The Balaban J connectivity index is 2.35. The number of hydrogen-bond acceptors (Lipinski definition) is 5. The van der Waals surface area contributed by atoms with E-state index in [2.05, 4.69) is 16.0 Å². The van der Waals surface area contributed by atoms with E-state index in [0.29, 0.717) is 19.4 Å². The monoisotopic (exact) mass is 457 g/mol. The predicted octanol–water partition coefficient (Wildman–Crippen LogP) is 1.70. The average Bonchev–Trinajstić information content (AvgIpc) is 2.69. The molecule has 0 aliphatic heterocycles. The molecule has 1 fully saturated rings. The summed E-state index contributed by atoms with van der Waals surface area (Å²) in [7, 11) is 0. The molecule has 0 bridgehead atoms. The molecular formula is C21H35N3O8. The molecule has 1 aliphatic carbocycles. The Bertz CT molecular complexity index is 647. The third kappa shape index (κ3) is 11.5. The Morgan fingerprint density at radius 1 is 0.750 bits per heavy atom. The van der Waals surface area contributed by atoms with Gasteiger partial charge in [0.1, 0.15) is 12.1 Å². The van der Waals surface area contributed by atoms with E-state index in [0.717, 1.165) is 38.5 Å². The third-order valence-electron chi connectivity index (χ3n) is 5.55. The quantitative estimate of drug-likeness (QED) is 0.226. The van der Waals surface area contributed by atoms with Crippen LogP contribution in [0.2, 0.25) is 0 Å². The number of urea groups is 1. The molecule has 0 aromatic carbocycles. The highest BCUT2D eigenvalue weighted by molar-refractivity contribution is 5.86. The van der Waals surface area contributed by atoms with Crippen molar-refractivity contribution in [2.75, 3.05) is 6.54 Å². The zero-order valence-corrected chi connectivity index (χ0v) is 18.3. The summed E-state index contributed by atoms with van der Waals surface area (Å²) < 4.78 is 0. The highest BCUT2D eigenvalue weighted by atomic mass is 16.4. The highest BCUT2D eigenvalue weighted by Gasteiger charge is 2.25. The summed E-state index contributed by atoms with van der Waals surface area (Å²) in [6, 6.07) is -3.66. The second kappa shape index (κ2) is 15.0. The Labute approximate surface area is 187 Å². The van der Waals surface area contributed by atoms with E-state index in [1.165, 1.54) is 6.42 Å².